The summed E-state index contributed by atoms with van der Waals surface area (Å²) in [4.78, 5) is 25.5. The molecule has 4 rings (SSSR count). The number of carbonyl (C=O) groups excluding carboxylic acids is 1. The second-order valence-corrected chi connectivity index (χ2v) is 8.23. The van der Waals surface area contributed by atoms with Crippen molar-refractivity contribution in [1.82, 2.24) is 14.9 Å². The van der Waals surface area contributed by atoms with Crippen LogP contribution >= 0.6 is 0 Å². The van der Waals surface area contributed by atoms with Crippen molar-refractivity contribution in [3.05, 3.63) is 77.6 Å². The molecule has 1 aliphatic heterocycles. The standard InChI is InChI=1S/C25H29N5O/c1-29(2)25-27-17-21(19-10-12-20(13-11-19)24(26)31)23(28-25)22-9-6-15-30(22)16-14-18-7-4-3-5-8-18/h3-5,7-8,10-13,17,22H,6,9,14-16H2,1-2H3,(H2,26,31)/t22-/m0/s1. The van der Waals surface area contributed by atoms with Gasteiger partial charge in [-0.1, -0.05) is 42.5 Å². The number of nitrogens with zero attached hydrogens (tertiary/aromatic N) is 4. The molecule has 2 heterocycles. The Kier molecular flexibility index (Phi) is 6.28. The van der Waals surface area contributed by atoms with Crippen LogP contribution in [0.4, 0.5) is 5.95 Å². The van der Waals surface area contributed by atoms with Gasteiger partial charge in [-0.2, -0.15) is 0 Å². The van der Waals surface area contributed by atoms with Crippen LogP contribution in [-0.2, 0) is 6.42 Å². The highest BCUT2D eigenvalue weighted by atomic mass is 16.1. The zero-order valence-electron chi connectivity index (χ0n) is 18.2. The van der Waals surface area contributed by atoms with E-state index >= 15 is 0 Å². The number of amides is 1. The first-order chi connectivity index (χ1) is 15.0. The summed E-state index contributed by atoms with van der Waals surface area (Å²) in [6, 6.07) is 18.3. The van der Waals surface area contributed by atoms with Gasteiger partial charge in [-0.05, 0) is 49.1 Å². The number of anilines is 1. The minimum absolute atomic E-state index is 0.247. The van der Waals surface area contributed by atoms with E-state index in [1.165, 1.54) is 5.56 Å². The number of aromatic nitrogens is 2. The predicted octanol–water partition coefficient (Wildman–Crippen LogP) is 3.69. The summed E-state index contributed by atoms with van der Waals surface area (Å²) in [5.74, 6) is 0.288. The van der Waals surface area contributed by atoms with Gasteiger partial charge in [0.1, 0.15) is 0 Å². The molecule has 6 nitrogen and oxygen atoms in total. The van der Waals surface area contributed by atoms with Gasteiger partial charge in [0.15, 0.2) is 0 Å². The van der Waals surface area contributed by atoms with Crippen LogP contribution in [0.15, 0.2) is 60.8 Å². The molecule has 2 N–H and O–H groups in total. The van der Waals surface area contributed by atoms with Gasteiger partial charge in [-0.3, -0.25) is 9.69 Å². The molecule has 0 unspecified atom stereocenters. The van der Waals surface area contributed by atoms with Crippen LogP contribution in [-0.4, -0.2) is 48.0 Å². The molecule has 0 bridgehead atoms. The summed E-state index contributed by atoms with van der Waals surface area (Å²) in [5.41, 5.74) is 10.3. The molecule has 2 aromatic carbocycles. The molecule has 1 aliphatic rings. The van der Waals surface area contributed by atoms with Crippen LogP contribution in [0.3, 0.4) is 0 Å². The molecule has 1 atom stereocenters. The lowest BCUT2D eigenvalue weighted by Crippen LogP contribution is -2.27. The van der Waals surface area contributed by atoms with E-state index in [-0.39, 0.29) is 6.04 Å². The van der Waals surface area contributed by atoms with Gasteiger partial charge in [0.25, 0.3) is 0 Å². The van der Waals surface area contributed by atoms with E-state index in [0.29, 0.717) is 11.5 Å². The van der Waals surface area contributed by atoms with Crippen molar-refractivity contribution in [3.63, 3.8) is 0 Å². The number of benzene rings is 2. The molecule has 0 radical (unpaired) electrons. The van der Waals surface area contributed by atoms with Gasteiger partial charge in [-0.15, -0.1) is 0 Å². The number of hydrogen-bond donors (Lipinski definition) is 1. The smallest absolute Gasteiger partial charge is 0.248 e. The normalized spacial score (nSPS) is 16.4. The topological polar surface area (TPSA) is 75.4 Å². The third-order valence-corrected chi connectivity index (χ3v) is 5.90. The maximum absolute atomic E-state index is 11.5. The molecule has 31 heavy (non-hydrogen) atoms. The van der Waals surface area contributed by atoms with Gasteiger partial charge in [-0.25, -0.2) is 9.97 Å². The average molecular weight is 416 g/mol. The number of likely N-dealkylation sites (tertiary alicyclic amines) is 1. The summed E-state index contributed by atoms with van der Waals surface area (Å²) >= 11 is 0. The zero-order valence-corrected chi connectivity index (χ0v) is 18.2. The van der Waals surface area contributed by atoms with Crippen molar-refractivity contribution >= 4 is 11.9 Å². The van der Waals surface area contributed by atoms with E-state index in [9.17, 15) is 4.79 Å². The lowest BCUT2D eigenvalue weighted by atomic mass is 9.98. The second-order valence-electron chi connectivity index (χ2n) is 8.23. The average Bonchev–Trinajstić information content (AvgIpc) is 3.26. The van der Waals surface area contributed by atoms with E-state index in [0.717, 1.165) is 49.2 Å². The molecule has 1 saturated heterocycles. The fourth-order valence-electron chi connectivity index (χ4n) is 4.21. The van der Waals surface area contributed by atoms with Crippen LogP contribution in [0.25, 0.3) is 11.1 Å². The van der Waals surface area contributed by atoms with Crippen molar-refractivity contribution in [1.29, 1.82) is 0 Å². The summed E-state index contributed by atoms with van der Waals surface area (Å²) in [5, 5.41) is 0. The van der Waals surface area contributed by atoms with Crippen LogP contribution in [0, 0.1) is 0 Å². The second kappa shape index (κ2) is 9.27. The van der Waals surface area contributed by atoms with Crippen molar-refractivity contribution in [2.24, 2.45) is 5.73 Å². The lowest BCUT2D eigenvalue weighted by molar-refractivity contribution is 0.100. The quantitative estimate of drug-likeness (QED) is 0.637. The predicted molar refractivity (Wildman–Crippen MR) is 124 cm³/mol. The maximum atomic E-state index is 11.5. The minimum Gasteiger partial charge on any atom is -0.366 e. The van der Waals surface area contributed by atoms with Gasteiger partial charge >= 0.3 is 0 Å². The minimum atomic E-state index is -0.422. The van der Waals surface area contributed by atoms with Crippen molar-refractivity contribution in [3.8, 4) is 11.1 Å². The summed E-state index contributed by atoms with van der Waals surface area (Å²) in [6.45, 7) is 2.06. The molecule has 1 aromatic heterocycles. The molecule has 0 saturated carbocycles. The molecule has 1 amide bonds. The molecule has 0 spiro atoms. The maximum Gasteiger partial charge on any atom is 0.248 e. The number of rotatable bonds is 7. The van der Waals surface area contributed by atoms with Gasteiger partial charge in [0, 0.05) is 38.0 Å². The third-order valence-electron chi connectivity index (χ3n) is 5.90. The number of hydrogen-bond acceptors (Lipinski definition) is 5. The zero-order chi connectivity index (χ0) is 21.8. The highest BCUT2D eigenvalue weighted by molar-refractivity contribution is 5.93. The Bertz CT molecular complexity index is 1030. The molecule has 6 heteroatoms. The van der Waals surface area contributed by atoms with E-state index in [1.54, 1.807) is 12.1 Å². The molecular formula is C25H29N5O. The van der Waals surface area contributed by atoms with E-state index in [1.807, 2.05) is 37.3 Å². The molecule has 3 aromatic rings. The third kappa shape index (κ3) is 4.75. The summed E-state index contributed by atoms with van der Waals surface area (Å²) < 4.78 is 0. The Hall–Kier alpha value is -3.25. The Morgan fingerprint density at radius 1 is 1.13 bits per heavy atom. The Morgan fingerprint density at radius 2 is 1.87 bits per heavy atom. The Morgan fingerprint density at radius 3 is 2.55 bits per heavy atom. The van der Waals surface area contributed by atoms with Crippen LogP contribution in [0.2, 0.25) is 0 Å². The number of carbonyl (C=O) groups is 1. The molecule has 1 fully saturated rings. The summed E-state index contributed by atoms with van der Waals surface area (Å²) in [7, 11) is 3.92. The molecule has 160 valence electrons. The Labute approximate surface area is 183 Å². The largest absolute Gasteiger partial charge is 0.366 e. The SMILES string of the molecule is CN(C)c1ncc(-c2ccc(C(N)=O)cc2)c([C@@H]2CCCN2CCc2ccccc2)n1. The Balaban J connectivity index is 1.66. The highest BCUT2D eigenvalue weighted by Crippen LogP contribution is 2.37. The van der Waals surface area contributed by atoms with E-state index in [2.05, 4.69) is 40.2 Å². The van der Waals surface area contributed by atoms with Gasteiger partial charge in [0.05, 0.1) is 11.7 Å². The first-order valence-corrected chi connectivity index (χ1v) is 10.8. The fourth-order valence-corrected chi connectivity index (χ4v) is 4.21. The van der Waals surface area contributed by atoms with Crippen LogP contribution in [0.5, 0.6) is 0 Å². The molecular weight excluding hydrogens is 386 g/mol. The monoisotopic (exact) mass is 415 g/mol. The lowest BCUT2D eigenvalue weighted by Gasteiger charge is -2.26. The van der Waals surface area contributed by atoms with Gasteiger partial charge in [0.2, 0.25) is 11.9 Å². The molecule has 0 aliphatic carbocycles. The van der Waals surface area contributed by atoms with Crippen molar-refractivity contribution in [2.75, 3.05) is 32.1 Å². The first-order valence-electron chi connectivity index (χ1n) is 10.8. The highest BCUT2D eigenvalue weighted by Gasteiger charge is 2.30. The van der Waals surface area contributed by atoms with Crippen LogP contribution < -0.4 is 10.6 Å². The van der Waals surface area contributed by atoms with E-state index in [4.69, 9.17) is 10.7 Å². The van der Waals surface area contributed by atoms with Crippen molar-refractivity contribution < 1.29 is 4.79 Å². The fraction of sp³-hybridized carbons (Fsp3) is 0.320. The number of nitrogens with two attached hydrogens (primary N) is 1. The first kappa shape index (κ1) is 21.0. The van der Waals surface area contributed by atoms with Crippen LogP contribution in [0.1, 0.15) is 40.5 Å². The summed E-state index contributed by atoms with van der Waals surface area (Å²) in [6.07, 6.45) is 5.15. The van der Waals surface area contributed by atoms with Crippen molar-refractivity contribution in [2.45, 2.75) is 25.3 Å². The van der Waals surface area contributed by atoms with E-state index < -0.39 is 5.91 Å². The van der Waals surface area contributed by atoms with Gasteiger partial charge < -0.3 is 10.6 Å². The number of primary amides is 1.